The van der Waals surface area contributed by atoms with Gasteiger partial charge in [-0.2, -0.15) is 0 Å². The van der Waals surface area contributed by atoms with Crippen molar-refractivity contribution in [1.29, 1.82) is 0 Å². The van der Waals surface area contributed by atoms with Gasteiger partial charge in [0.05, 0.1) is 18.0 Å². The molecular formula is C28H44N2O6. The fourth-order valence-electron chi connectivity index (χ4n) is 6.44. The largest absolute Gasteiger partial charge is 0.444 e. The van der Waals surface area contributed by atoms with Gasteiger partial charge in [0.25, 0.3) is 0 Å². The zero-order valence-electron chi connectivity index (χ0n) is 22.8. The van der Waals surface area contributed by atoms with Crippen LogP contribution in [-0.4, -0.2) is 47.0 Å². The monoisotopic (exact) mass is 504 g/mol. The maximum absolute atomic E-state index is 13.8. The van der Waals surface area contributed by atoms with Crippen molar-refractivity contribution in [1.82, 2.24) is 10.6 Å². The van der Waals surface area contributed by atoms with Gasteiger partial charge in [0.15, 0.2) is 11.6 Å². The predicted octanol–water partition coefficient (Wildman–Crippen LogP) is 4.13. The molecule has 2 amide bonds. The number of carbonyl (C=O) groups is 5. The van der Waals surface area contributed by atoms with Crippen LogP contribution in [0.25, 0.3) is 0 Å². The minimum absolute atomic E-state index is 0.0393. The van der Waals surface area contributed by atoms with Crippen LogP contribution in [0.4, 0.5) is 4.79 Å². The van der Waals surface area contributed by atoms with Crippen molar-refractivity contribution in [2.75, 3.05) is 0 Å². The Balaban J connectivity index is 1.87. The SMILES string of the molecule is CC(=O)C(=O)[C@@H]1CCCCCCCC[C@H](NC(=O)OC(C)(C)C)C(=O)C2C[C@H]3[C@@H]([C@H]2C(=O)N1)C3(C)C. The Morgan fingerprint density at radius 3 is 2.14 bits per heavy atom. The number of ether oxygens (including phenoxy) is 1. The minimum Gasteiger partial charge on any atom is -0.444 e. The third kappa shape index (κ3) is 6.54. The van der Waals surface area contributed by atoms with Gasteiger partial charge in [0.1, 0.15) is 5.60 Å². The Morgan fingerprint density at radius 1 is 0.972 bits per heavy atom. The summed E-state index contributed by atoms with van der Waals surface area (Å²) in [7, 11) is 0. The number of ketones is 3. The molecule has 2 aliphatic carbocycles. The van der Waals surface area contributed by atoms with Gasteiger partial charge in [-0.3, -0.25) is 19.2 Å². The first-order valence-electron chi connectivity index (χ1n) is 13.6. The lowest BCUT2D eigenvalue weighted by molar-refractivity contribution is -0.140. The lowest BCUT2D eigenvalue weighted by Crippen LogP contribution is -2.51. The highest BCUT2D eigenvalue weighted by molar-refractivity contribution is 6.38. The quantitative estimate of drug-likeness (QED) is 0.558. The van der Waals surface area contributed by atoms with Crippen LogP contribution in [0.5, 0.6) is 0 Å². The molecule has 1 heterocycles. The van der Waals surface area contributed by atoms with E-state index >= 15 is 0 Å². The Bertz CT molecular complexity index is 889. The Hall–Kier alpha value is -2.25. The molecule has 2 saturated carbocycles. The first-order valence-corrected chi connectivity index (χ1v) is 13.6. The topological polar surface area (TPSA) is 119 Å². The molecule has 0 bridgehead atoms. The molecule has 1 unspecified atom stereocenters. The highest BCUT2D eigenvalue weighted by Crippen LogP contribution is 2.70. The van der Waals surface area contributed by atoms with Gasteiger partial charge >= 0.3 is 6.09 Å². The van der Waals surface area contributed by atoms with E-state index in [1.807, 2.05) is 0 Å². The molecule has 3 fully saturated rings. The predicted molar refractivity (Wildman–Crippen MR) is 135 cm³/mol. The molecule has 8 nitrogen and oxygen atoms in total. The summed E-state index contributed by atoms with van der Waals surface area (Å²) in [6, 6.07) is -1.58. The van der Waals surface area contributed by atoms with E-state index in [1.165, 1.54) is 6.92 Å². The maximum Gasteiger partial charge on any atom is 0.408 e. The standard InChI is InChI=1S/C28H44N2O6/c1-16(31)23(32)19-13-11-9-7-8-10-12-14-20(30-26(35)36-27(2,3)4)24(33)17-15-18-22(28(18,5)6)21(17)25(34)29-19/h17-22H,7-15H2,1-6H3,(H,29,34)(H,30,35)/t17?,18-,19-,20-,21-,22-/m0/s1. The van der Waals surface area contributed by atoms with E-state index in [0.29, 0.717) is 19.3 Å². The van der Waals surface area contributed by atoms with Crippen LogP contribution in [0.1, 0.15) is 99.3 Å². The number of carbonyl (C=O) groups excluding carboxylic acids is 5. The summed E-state index contributed by atoms with van der Waals surface area (Å²) >= 11 is 0. The second kappa shape index (κ2) is 11.0. The molecule has 0 spiro atoms. The van der Waals surface area contributed by atoms with Crippen molar-refractivity contribution >= 4 is 29.4 Å². The fourth-order valence-corrected chi connectivity index (χ4v) is 6.44. The van der Waals surface area contributed by atoms with Gasteiger partial charge in [-0.1, -0.05) is 52.4 Å². The van der Waals surface area contributed by atoms with Crippen molar-refractivity contribution in [3.63, 3.8) is 0 Å². The number of Topliss-reactive ketones (excluding diaryl/α,β-unsaturated/α-hetero) is 3. The summed E-state index contributed by atoms with van der Waals surface area (Å²) in [5.74, 6) is -2.43. The number of nitrogens with one attached hydrogen (secondary N) is 2. The van der Waals surface area contributed by atoms with Crippen LogP contribution in [0.3, 0.4) is 0 Å². The normalized spacial score (nSPS) is 33.2. The average molecular weight is 505 g/mol. The van der Waals surface area contributed by atoms with Crippen LogP contribution >= 0.6 is 0 Å². The molecule has 8 heteroatoms. The van der Waals surface area contributed by atoms with Crippen molar-refractivity contribution in [3.05, 3.63) is 0 Å². The summed E-state index contributed by atoms with van der Waals surface area (Å²) in [6.07, 6.45) is 6.21. The molecule has 3 aliphatic rings. The summed E-state index contributed by atoms with van der Waals surface area (Å²) in [6.45, 7) is 10.8. The van der Waals surface area contributed by atoms with Crippen molar-refractivity contribution in [3.8, 4) is 0 Å². The van der Waals surface area contributed by atoms with Crippen molar-refractivity contribution in [2.45, 2.75) is 117 Å². The van der Waals surface area contributed by atoms with E-state index in [2.05, 4.69) is 24.5 Å². The second-order valence-electron chi connectivity index (χ2n) is 12.6. The van der Waals surface area contributed by atoms with E-state index in [1.54, 1.807) is 20.8 Å². The van der Waals surface area contributed by atoms with Gasteiger partial charge in [-0.25, -0.2) is 4.79 Å². The maximum atomic E-state index is 13.8. The third-order valence-electron chi connectivity index (χ3n) is 8.39. The molecule has 0 aromatic carbocycles. The minimum atomic E-state index is -0.854. The summed E-state index contributed by atoms with van der Waals surface area (Å²) in [4.78, 5) is 64.5. The fraction of sp³-hybridized carbons (Fsp3) is 0.821. The zero-order chi connectivity index (χ0) is 26.8. The molecular weight excluding hydrogens is 460 g/mol. The number of alkyl carbamates (subject to hydrolysis) is 1. The lowest BCUT2D eigenvalue weighted by Gasteiger charge is -2.30. The molecule has 202 valence electrons. The smallest absolute Gasteiger partial charge is 0.408 e. The highest BCUT2D eigenvalue weighted by Gasteiger charge is 2.70. The average Bonchev–Trinajstić information content (AvgIpc) is 3.09. The second-order valence-corrected chi connectivity index (χ2v) is 12.6. The lowest BCUT2D eigenvalue weighted by atomic mass is 9.78. The molecule has 3 rings (SSSR count). The number of hydrogen-bond donors (Lipinski definition) is 2. The Labute approximate surface area is 215 Å². The zero-order valence-corrected chi connectivity index (χ0v) is 22.8. The first kappa shape index (κ1) is 28.3. The molecule has 1 aliphatic heterocycles. The van der Waals surface area contributed by atoms with Crippen molar-refractivity contribution in [2.24, 2.45) is 29.1 Å². The van der Waals surface area contributed by atoms with Crippen LogP contribution in [0.15, 0.2) is 0 Å². The molecule has 36 heavy (non-hydrogen) atoms. The van der Waals surface area contributed by atoms with Crippen LogP contribution in [0, 0.1) is 29.1 Å². The Kier molecular flexibility index (Phi) is 8.67. The van der Waals surface area contributed by atoms with Crippen LogP contribution in [0.2, 0.25) is 0 Å². The van der Waals surface area contributed by atoms with E-state index in [4.69, 9.17) is 4.74 Å². The van der Waals surface area contributed by atoms with Crippen molar-refractivity contribution < 1.29 is 28.7 Å². The molecule has 0 aromatic rings. The number of hydrogen-bond acceptors (Lipinski definition) is 6. The summed E-state index contributed by atoms with van der Waals surface area (Å²) in [5, 5.41) is 5.66. The summed E-state index contributed by atoms with van der Waals surface area (Å²) < 4.78 is 5.42. The first-order chi connectivity index (χ1) is 16.7. The molecule has 1 saturated heterocycles. The van der Waals surface area contributed by atoms with Crippen LogP contribution < -0.4 is 10.6 Å². The van der Waals surface area contributed by atoms with Gasteiger partial charge in [0, 0.05) is 12.8 Å². The molecule has 6 atom stereocenters. The van der Waals surface area contributed by atoms with Gasteiger partial charge < -0.3 is 15.4 Å². The molecule has 0 aromatic heterocycles. The Morgan fingerprint density at radius 2 is 1.56 bits per heavy atom. The van der Waals surface area contributed by atoms with Gasteiger partial charge in [-0.15, -0.1) is 0 Å². The number of rotatable bonds is 3. The van der Waals surface area contributed by atoms with E-state index < -0.39 is 47.2 Å². The number of fused-ring (bicyclic) bond motifs is 3. The van der Waals surface area contributed by atoms with Gasteiger partial charge in [0.2, 0.25) is 11.7 Å². The third-order valence-corrected chi connectivity index (χ3v) is 8.39. The molecule has 0 radical (unpaired) electrons. The van der Waals surface area contributed by atoms with Crippen LogP contribution in [-0.2, 0) is 23.9 Å². The molecule has 2 N–H and O–H groups in total. The highest BCUT2D eigenvalue weighted by atomic mass is 16.6. The van der Waals surface area contributed by atoms with Gasteiger partial charge in [-0.05, 0) is 57.3 Å². The number of amides is 2. The van der Waals surface area contributed by atoms with E-state index in [0.717, 1.165) is 38.5 Å². The van der Waals surface area contributed by atoms with E-state index in [9.17, 15) is 24.0 Å². The van der Waals surface area contributed by atoms with E-state index in [-0.39, 0.29) is 28.9 Å². The summed E-state index contributed by atoms with van der Waals surface area (Å²) in [5.41, 5.74) is -0.748.